The van der Waals surface area contributed by atoms with E-state index >= 15 is 0 Å². The van der Waals surface area contributed by atoms with Crippen molar-refractivity contribution in [2.24, 2.45) is 5.73 Å². The van der Waals surface area contributed by atoms with Crippen LogP contribution in [0.4, 0.5) is 13.2 Å². The van der Waals surface area contributed by atoms with Crippen LogP contribution < -0.4 is 16.0 Å². The molecule has 2 aromatic carbocycles. The molecule has 3 aromatic rings. The van der Waals surface area contributed by atoms with E-state index < -0.39 is 23.2 Å². The zero-order valence-electron chi connectivity index (χ0n) is 14.2. The highest BCUT2D eigenvalue weighted by Crippen LogP contribution is 2.43. The fraction of sp³-hybridized carbons (Fsp3) is 0.100. The molecule has 2 heterocycles. The van der Waals surface area contributed by atoms with E-state index in [2.05, 4.69) is 4.98 Å². The van der Waals surface area contributed by atoms with Crippen LogP contribution >= 0.6 is 0 Å². The number of aromatic amines is 1. The van der Waals surface area contributed by atoms with Gasteiger partial charge in [-0.1, -0.05) is 30.3 Å². The zero-order valence-corrected chi connectivity index (χ0v) is 14.2. The number of halogens is 3. The molecule has 28 heavy (non-hydrogen) atoms. The summed E-state index contributed by atoms with van der Waals surface area (Å²) in [6.07, 6.45) is -4.57. The highest BCUT2D eigenvalue weighted by atomic mass is 19.4. The summed E-state index contributed by atoms with van der Waals surface area (Å²) in [4.78, 5) is 15.5. The quantitative estimate of drug-likeness (QED) is 0.669. The fourth-order valence-corrected chi connectivity index (χ4v) is 3.40. The van der Waals surface area contributed by atoms with Crippen LogP contribution in [0, 0.1) is 11.3 Å². The molecule has 0 saturated heterocycles. The minimum absolute atomic E-state index is 0.0452. The molecule has 4 rings (SSSR count). The second kappa shape index (κ2) is 6.16. The largest absolute Gasteiger partial charge is 0.439 e. The minimum atomic E-state index is -4.57. The van der Waals surface area contributed by atoms with Crippen molar-refractivity contribution in [2.75, 3.05) is 0 Å². The average Bonchev–Trinajstić information content (AvgIpc) is 2.66. The Balaban J connectivity index is 2.05. The zero-order chi connectivity index (χ0) is 20.1. The van der Waals surface area contributed by atoms with Gasteiger partial charge in [0.1, 0.15) is 17.4 Å². The molecule has 1 atom stereocenters. The first-order valence-corrected chi connectivity index (χ1v) is 8.21. The lowest BCUT2D eigenvalue weighted by Gasteiger charge is -2.27. The number of aromatic nitrogens is 1. The molecule has 0 radical (unpaired) electrons. The molecule has 3 N–H and O–H groups in total. The number of ether oxygens (including phenoxy) is 1. The van der Waals surface area contributed by atoms with Gasteiger partial charge in [-0.05, 0) is 23.8 Å². The van der Waals surface area contributed by atoms with E-state index in [1.165, 1.54) is 12.1 Å². The average molecular weight is 383 g/mol. The number of hydrogen-bond donors (Lipinski definition) is 2. The van der Waals surface area contributed by atoms with Crippen LogP contribution in [-0.4, -0.2) is 4.98 Å². The van der Waals surface area contributed by atoms with Crippen LogP contribution in [0.5, 0.6) is 5.75 Å². The number of nitrogens with zero attached hydrogens (tertiary/aromatic N) is 1. The molecule has 1 aliphatic heterocycles. The topological polar surface area (TPSA) is 91.9 Å². The lowest BCUT2D eigenvalue weighted by molar-refractivity contribution is -0.137. The summed E-state index contributed by atoms with van der Waals surface area (Å²) in [6.45, 7) is 0. The Morgan fingerprint density at radius 2 is 1.89 bits per heavy atom. The summed E-state index contributed by atoms with van der Waals surface area (Å²) < 4.78 is 45.1. The van der Waals surface area contributed by atoms with E-state index in [0.29, 0.717) is 10.9 Å². The van der Waals surface area contributed by atoms with Crippen molar-refractivity contribution in [1.82, 2.24) is 4.98 Å². The van der Waals surface area contributed by atoms with Gasteiger partial charge in [-0.15, -0.1) is 0 Å². The smallest absolute Gasteiger partial charge is 0.416 e. The number of nitrogens with two attached hydrogens (primary N) is 1. The Hall–Kier alpha value is -3.73. The lowest BCUT2D eigenvalue weighted by Crippen LogP contribution is -2.28. The highest BCUT2D eigenvalue weighted by molar-refractivity contribution is 5.87. The summed E-state index contributed by atoms with van der Waals surface area (Å²) in [6, 6.07) is 13.2. The molecular formula is C20H12F3N3O2. The predicted octanol–water partition coefficient (Wildman–Crippen LogP) is 3.77. The minimum Gasteiger partial charge on any atom is -0.439 e. The number of rotatable bonds is 1. The number of fused-ring (bicyclic) bond motifs is 3. The third-order valence-corrected chi connectivity index (χ3v) is 4.63. The third kappa shape index (κ3) is 2.68. The number of allylic oxidation sites excluding steroid dienone is 1. The van der Waals surface area contributed by atoms with Crippen LogP contribution in [-0.2, 0) is 6.18 Å². The number of H-pyrrole nitrogens is 1. The maximum atomic E-state index is 13.2. The van der Waals surface area contributed by atoms with Crippen molar-refractivity contribution in [2.45, 2.75) is 12.1 Å². The standard InChI is InChI=1S/C20H12F3N3O2/c21-20(22,23)11-5-3-4-10(8-11)15-13(9-24)18(25)28-17-12-6-1-2-7-14(12)26-19(27)16(15)17/h1-8,15H,25H2,(H,26,27). The molecule has 5 nitrogen and oxygen atoms in total. The van der Waals surface area contributed by atoms with Crippen molar-refractivity contribution in [3.63, 3.8) is 0 Å². The normalized spacial score (nSPS) is 16.4. The van der Waals surface area contributed by atoms with Gasteiger partial charge in [-0.2, -0.15) is 18.4 Å². The molecule has 0 aliphatic carbocycles. The first-order valence-electron chi connectivity index (χ1n) is 8.21. The van der Waals surface area contributed by atoms with Gasteiger partial charge in [-0.3, -0.25) is 4.79 Å². The fourth-order valence-electron chi connectivity index (χ4n) is 3.40. The maximum absolute atomic E-state index is 13.2. The molecule has 0 fully saturated rings. The highest BCUT2D eigenvalue weighted by Gasteiger charge is 2.36. The monoisotopic (exact) mass is 383 g/mol. The number of nitrogens with one attached hydrogen (secondary N) is 1. The van der Waals surface area contributed by atoms with Gasteiger partial charge < -0.3 is 15.5 Å². The first-order chi connectivity index (χ1) is 13.3. The molecule has 0 bridgehead atoms. The van der Waals surface area contributed by atoms with Crippen LogP contribution in [0.15, 0.2) is 64.8 Å². The molecule has 0 amide bonds. The summed E-state index contributed by atoms with van der Waals surface area (Å²) in [5, 5.41) is 10.1. The van der Waals surface area contributed by atoms with Gasteiger partial charge in [0.15, 0.2) is 0 Å². The molecule has 1 unspecified atom stereocenters. The molecular weight excluding hydrogens is 371 g/mol. The molecule has 0 saturated carbocycles. The third-order valence-electron chi connectivity index (χ3n) is 4.63. The van der Waals surface area contributed by atoms with Gasteiger partial charge >= 0.3 is 6.18 Å². The van der Waals surface area contributed by atoms with Gasteiger partial charge in [0, 0.05) is 5.39 Å². The number of benzene rings is 2. The number of nitriles is 1. The van der Waals surface area contributed by atoms with Crippen LogP contribution in [0.25, 0.3) is 10.9 Å². The van der Waals surface area contributed by atoms with Crippen molar-refractivity contribution in [3.05, 3.63) is 87.0 Å². The van der Waals surface area contributed by atoms with E-state index in [-0.39, 0.29) is 28.3 Å². The van der Waals surface area contributed by atoms with Crippen LogP contribution in [0.3, 0.4) is 0 Å². The van der Waals surface area contributed by atoms with Gasteiger partial charge in [0.2, 0.25) is 5.88 Å². The van der Waals surface area contributed by atoms with Gasteiger partial charge in [0.05, 0.1) is 22.6 Å². The second-order valence-electron chi connectivity index (χ2n) is 6.29. The van der Waals surface area contributed by atoms with E-state index in [4.69, 9.17) is 10.5 Å². The van der Waals surface area contributed by atoms with Crippen LogP contribution in [0.2, 0.25) is 0 Å². The number of pyridine rings is 1. The summed E-state index contributed by atoms with van der Waals surface area (Å²) in [5.74, 6) is -1.18. The van der Waals surface area contributed by atoms with Crippen LogP contribution in [0.1, 0.15) is 22.6 Å². The first kappa shape index (κ1) is 17.7. The molecule has 1 aromatic heterocycles. The molecule has 0 spiro atoms. The summed E-state index contributed by atoms with van der Waals surface area (Å²) in [5.41, 5.74) is 5.00. The predicted molar refractivity (Wildman–Crippen MR) is 95.3 cm³/mol. The Kier molecular flexibility index (Phi) is 3.89. The second-order valence-corrected chi connectivity index (χ2v) is 6.29. The van der Waals surface area contributed by atoms with E-state index in [1.807, 2.05) is 6.07 Å². The Morgan fingerprint density at radius 1 is 1.14 bits per heavy atom. The summed E-state index contributed by atoms with van der Waals surface area (Å²) in [7, 11) is 0. The molecule has 1 aliphatic rings. The Labute approximate surface area is 156 Å². The lowest BCUT2D eigenvalue weighted by atomic mass is 9.83. The van der Waals surface area contributed by atoms with E-state index in [0.717, 1.165) is 12.1 Å². The number of para-hydroxylation sites is 1. The summed E-state index contributed by atoms with van der Waals surface area (Å²) >= 11 is 0. The maximum Gasteiger partial charge on any atom is 0.416 e. The van der Waals surface area contributed by atoms with Crippen molar-refractivity contribution >= 4 is 10.9 Å². The van der Waals surface area contributed by atoms with E-state index in [1.54, 1.807) is 24.3 Å². The van der Waals surface area contributed by atoms with Crippen molar-refractivity contribution in [1.29, 1.82) is 5.26 Å². The SMILES string of the molecule is N#CC1=C(N)Oc2c(c(=O)[nH]c3ccccc23)C1c1cccc(C(F)(F)F)c1. The Morgan fingerprint density at radius 3 is 2.61 bits per heavy atom. The van der Waals surface area contributed by atoms with E-state index in [9.17, 15) is 23.2 Å². The van der Waals surface area contributed by atoms with Gasteiger partial charge in [-0.25, -0.2) is 0 Å². The number of hydrogen-bond acceptors (Lipinski definition) is 4. The van der Waals surface area contributed by atoms with Crippen molar-refractivity contribution in [3.8, 4) is 11.8 Å². The Bertz CT molecular complexity index is 1240. The molecule has 140 valence electrons. The van der Waals surface area contributed by atoms with Gasteiger partial charge in [0.25, 0.3) is 5.56 Å². The molecule has 8 heteroatoms. The number of alkyl halides is 3. The van der Waals surface area contributed by atoms with Crippen molar-refractivity contribution < 1.29 is 17.9 Å².